The van der Waals surface area contributed by atoms with Gasteiger partial charge in [0.1, 0.15) is 0 Å². The summed E-state index contributed by atoms with van der Waals surface area (Å²) >= 11 is 4.99. The summed E-state index contributed by atoms with van der Waals surface area (Å²) < 4.78 is 5.71. The summed E-state index contributed by atoms with van der Waals surface area (Å²) in [7, 11) is 1.41. The van der Waals surface area contributed by atoms with Gasteiger partial charge in [-0.05, 0) is 18.2 Å². The molecule has 0 saturated heterocycles. The Morgan fingerprint density at radius 2 is 2.12 bits per heavy atom. The van der Waals surface area contributed by atoms with Crippen molar-refractivity contribution >= 4 is 39.3 Å². The van der Waals surface area contributed by atoms with Crippen molar-refractivity contribution in [3.8, 4) is 0 Å². The van der Waals surface area contributed by atoms with Crippen molar-refractivity contribution in [2.45, 2.75) is 24.0 Å². The van der Waals surface area contributed by atoms with E-state index in [1.807, 2.05) is 32.0 Å². The fourth-order valence-corrected chi connectivity index (χ4v) is 2.92. The van der Waals surface area contributed by atoms with Gasteiger partial charge < -0.3 is 10.5 Å². The van der Waals surface area contributed by atoms with Crippen LogP contribution < -0.4 is 5.73 Å². The minimum absolute atomic E-state index is 0.110. The molecule has 0 saturated carbocycles. The normalized spacial score (nSPS) is 14.1. The quantitative estimate of drug-likeness (QED) is 0.526. The van der Waals surface area contributed by atoms with Crippen molar-refractivity contribution in [3.05, 3.63) is 22.7 Å². The van der Waals surface area contributed by atoms with Crippen molar-refractivity contribution in [1.29, 1.82) is 0 Å². The fourth-order valence-electron chi connectivity index (χ4n) is 1.29. The molecule has 2 atom stereocenters. The van der Waals surface area contributed by atoms with Gasteiger partial charge in [-0.15, -0.1) is 11.8 Å². The third kappa shape index (κ3) is 3.92. The summed E-state index contributed by atoms with van der Waals surface area (Å²) in [5.74, 6) is -0.359. The molecule has 1 aromatic rings. The number of nitrogen functional groups attached to an aromatic ring is 1. The second-order valence-corrected chi connectivity index (χ2v) is 6.15. The predicted molar refractivity (Wildman–Crippen MR) is 75.1 cm³/mol. The Morgan fingerprint density at radius 1 is 1.47 bits per heavy atom. The zero-order chi connectivity index (χ0) is 13.0. The Kier molecular flexibility index (Phi) is 5.33. The number of nitrogens with two attached hydrogens (primary N) is 1. The zero-order valence-electron chi connectivity index (χ0n) is 10.1. The summed E-state index contributed by atoms with van der Waals surface area (Å²) in [6.07, 6.45) is 0. The van der Waals surface area contributed by atoms with Crippen molar-refractivity contribution in [1.82, 2.24) is 0 Å². The molecular weight excluding hydrogens is 302 g/mol. The summed E-state index contributed by atoms with van der Waals surface area (Å²) in [4.78, 5) is 12.4. The minimum atomic E-state index is -0.196. The van der Waals surface area contributed by atoms with E-state index in [2.05, 4.69) is 15.9 Å². The third-order valence-corrected chi connectivity index (χ3v) is 4.45. The van der Waals surface area contributed by atoms with Crippen molar-refractivity contribution in [3.63, 3.8) is 0 Å². The number of esters is 1. The molecule has 2 N–H and O–H groups in total. The number of benzene rings is 1. The van der Waals surface area contributed by atoms with E-state index in [0.717, 1.165) is 15.1 Å². The highest BCUT2D eigenvalue weighted by atomic mass is 79.9. The highest BCUT2D eigenvalue weighted by Crippen LogP contribution is 2.34. The van der Waals surface area contributed by atoms with E-state index >= 15 is 0 Å². The van der Waals surface area contributed by atoms with Crippen LogP contribution in [0.2, 0.25) is 0 Å². The van der Waals surface area contributed by atoms with E-state index in [-0.39, 0.29) is 17.1 Å². The number of carbonyl (C=O) groups is 1. The summed E-state index contributed by atoms with van der Waals surface area (Å²) in [6.45, 7) is 3.85. The molecular formula is C12H16BrNO2S. The van der Waals surface area contributed by atoms with Crippen molar-refractivity contribution < 1.29 is 9.53 Å². The van der Waals surface area contributed by atoms with Crippen LogP contribution in [0, 0.1) is 5.92 Å². The van der Waals surface area contributed by atoms with Gasteiger partial charge in [0.2, 0.25) is 0 Å². The number of anilines is 1. The van der Waals surface area contributed by atoms with Crippen LogP contribution in [-0.4, -0.2) is 18.3 Å². The van der Waals surface area contributed by atoms with Crippen LogP contribution in [0.1, 0.15) is 13.8 Å². The van der Waals surface area contributed by atoms with Gasteiger partial charge in [0.05, 0.1) is 13.0 Å². The molecule has 17 heavy (non-hydrogen) atoms. The molecule has 1 rings (SSSR count). The van der Waals surface area contributed by atoms with Gasteiger partial charge >= 0.3 is 5.97 Å². The van der Waals surface area contributed by atoms with Gasteiger partial charge in [-0.2, -0.15) is 0 Å². The fraction of sp³-hybridized carbons (Fsp3) is 0.417. The molecule has 0 heterocycles. The molecule has 0 aliphatic heterocycles. The summed E-state index contributed by atoms with van der Waals surface area (Å²) in [5.41, 5.74) is 6.61. The first-order valence-electron chi connectivity index (χ1n) is 5.25. The molecule has 2 unspecified atom stereocenters. The second kappa shape index (κ2) is 6.31. The lowest BCUT2D eigenvalue weighted by Crippen LogP contribution is -2.22. The molecule has 0 aliphatic carbocycles. The van der Waals surface area contributed by atoms with E-state index < -0.39 is 0 Å². The monoisotopic (exact) mass is 317 g/mol. The molecule has 0 aliphatic rings. The van der Waals surface area contributed by atoms with E-state index in [1.165, 1.54) is 7.11 Å². The van der Waals surface area contributed by atoms with E-state index in [1.54, 1.807) is 11.8 Å². The van der Waals surface area contributed by atoms with Crippen molar-refractivity contribution in [2.24, 2.45) is 5.92 Å². The Labute approximate surface area is 114 Å². The van der Waals surface area contributed by atoms with E-state index in [0.29, 0.717) is 0 Å². The maximum atomic E-state index is 11.4. The van der Waals surface area contributed by atoms with E-state index in [4.69, 9.17) is 10.5 Å². The first-order chi connectivity index (χ1) is 7.95. The van der Waals surface area contributed by atoms with Crippen LogP contribution in [0.15, 0.2) is 27.6 Å². The number of rotatable bonds is 4. The lowest BCUT2D eigenvalue weighted by Gasteiger charge is -2.18. The number of carbonyl (C=O) groups excluding carboxylic acids is 1. The average Bonchev–Trinajstić information content (AvgIpc) is 2.31. The van der Waals surface area contributed by atoms with Gasteiger partial charge in [-0.1, -0.05) is 29.8 Å². The number of methoxy groups -OCH3 is 1. The number of hydrogen-bond donors (Lipinski definition) is 1. The Balaban J connectivity index is 2.77. The Hall–Kier alpha value is -0.680. The summed E-state index contributed by atoms with van der Waals surface area (Å²) in [5, 5.41) is 0.110. The third-order valence-electron chi connectivity index (χ3n) is 2.57. The lowest BCUT2D eigenvalue weighted by molar-refractivity contribution is -0.144. The molecule has 0 fully saturated rings. The molecule has 94 valence electrons. The number of ether oxygens (including phenoxy) is 1. The van der Waals surface area contributed by atoms with Crippen LogP contribution in [0.4, 0.5) is 5.69 Å². The van der Waals surface area contributed by atoms with Crippen molar-refractivity contribution in [2.75, 3.05) is 12.8 Å². The standard InChI is InChI=1S/C12H16BrNO2S/c1-7(12(15)16-3)8(2)17-11-6-9(13)4-5-10(11)14/h4-8H,14H2,1-3H3. The highest BCUT2D eigenvalue weighted by Gasteiger charge is 2.22. The smallest absolute Gasteiger partial charge is 0.309 e. The largest absolute Gasteiger partial charge is 0.469 e. The van der Waals surface area contributed by atoms with E-state index in [9.17, 15) is 4.79 Å². The SMILES string of the molecule is COC(=O)C(C)C(C)Sc1cc(Br)ccc1N. The molecule has 0 amide bonds. The lowest BCUT2D eigenvalue weighted by atomic mass is 10.1. The van der Waals surface area contributed by atoms with Gasteiger partial charge in [0.15, 0.2) is 0 Å². The second-order valence-electron chi connectivity index (χ2n) is 3.82. The molecule has 0 aromatic heterocycles. The summed E-state index contributed by atoms with van der Waals surface area (Å²) in [6, 6.07) is 5.70. The molecule has 0 spiro atoms. The van der Waals surface area contributed by atoms with Crippen LogP contribution in [0.25, 0.3) is 0 Å². The topological polar surface area (TPSA) is 52.3 Å². The van der Waals surface area contributed by atoms with Gasteiger partial charge in [-0.25, -0.2) is 0 Å². The average molecular weight is 318 g/mol. The Bertz CT molecular complexity index is 411. The zero-order valence-corrected chi connectivity index (χ0v) is 12.5. The molecule has 0 bridgehead atoms. The number of thioether (sulfide) groups is 1. The molecule has 0 radical (unpaired) electrons. The molecule has 5 heteroatoms. The predicted octanol–water partition coefficient (Wildman–Crippen LogP) is 3.32. The van der Waals surface area contributed by atoms with Crippen LogP contribution in [-0.2, 0) is 9.53 Å². The maximum absolute atomic E-state index is 11.4. The van der Waals surface area contributed by atoms with Crippen LogP contribution in [0.5, 0.6) is 0 Å². The first-order valence-corrected chi connectivity index (χ1v) is 6.92. The Morgan fingerprint density at radius 3 is 2.71 bits per heavy atom. The number of hydrogen-bond acceptors (Lipinski definition) is 4. The van der Waals surface area contributed by atoms with Crippen LogP contribution >= 0.6 is 27.7 Å². The first kappa shape index (κ1) is 14.4. The minimum Gasteiger partial charge on any atom is -0.469 e. The van der Waals surface area contributed by atoms with Gasteiger partial charge in [0, 0.05) is 20.3 Å². The number of halogens is 1. The highest BCUT2D eigenvalue weighted by molar-refractivity contribution is 9.10. The van der Waals surface area contributed by atoms with Gasteiger partial charge in [0.25, 0.3) is 0 Å². The molecule has 1 aromatic carbocycles. The van der Waals surface area contributed by atoms with Crippen LogP contribution in [0.3, 0.4) is 0 Å². The van der Waals surface area contributed by atoms with Gasteiger partial charge in [-0.3, -0.25) is 4.79 Å². The maximum Gasteiger partial charge on any atom is 0.309 e. The molecule has 3 nitrogen and oxygen atoms in total.